The third-order valence-corrected chi connectivity index (χ3v) is 6.25. The molecule has 0 amide bonds. The summed E-state index contributed by atoms with van der Waals surface area (Å²) in [5.41, 5.74) is 2.70. The van der Waals surface area contributed by atoms with Crippen molar-refractivity contribution in [1.82, 2.24) is 4.98 Å². The van der Waals surface area contributed by atoms with E-state index in [1.165, 1.54) is 6.07 Å². The van der Waals surface area contributed by atoms with Gasteiger partial charge in [0.1, 0.15) is 0 Å². The third-order valence-electron chi connectivity index (χ3n) is 3.54. The smallest absolute Gasteiger partial charge is 0.262 e. The molecule has 0 unspecified atom stereocenters. The molecule has 0 fully saturated rings. The number of nitrogens with zero attached hydrogens (tertiary/aromatic N) is 1. The minimum absolute atomic E-state index is 0.171. The van der Waals surface area contributed by atoms with Gasteiger partial charge in [-0.3, -0.25) is 4.72 Å². The van der Waals surface area contributed by atoms with Crippen LogP contribution in [0.5, 0.6) is 0 Å². The Bertz CT molecular complexity index is 997. The van der Waals surface area contributed by atoms with E-state index in [9.17, 15) is 8.42 Å². The van der Waals surface area contributed by atoms with Gasteiger partial charge in [0.15, 0.2) is 0 Å². The summed E-state index contributed by atoms with van der Waals surface area (Å²) in [6.45, 7) is 3.62. The molecule has 2 aromatic carbocycles. The second-order valence-corrected chi connectivity index (χ2v) is 8.42. The van der Waals surface area contributed by atoms with E-state index in [2.05, 4.69) is 9.71 Å². The summed E-state index contributed by atoms with van der Waals surface area (Å²) in [5.74, 6) is 0. The van der Waals surface area contributed by atoms with Crippen molar-refractivity contribution < 1.29 is 8.42 Å². The Balaban J connectivity index is 1.95. The fourth-order valence-corrected chi connectivity index (χ4v) is 4.50. The lowest BCUT2D eigenvalue weighted by molar-refractivity contribution is 0.600. The van der Waals surface area contributed by atoms with E-state index < -0.39 is 10.0 Å². The number of aromatic nitrogens is 1. The molecule has 124 valence electrons. The lowest BCUT2D eigenvalue weighted by Crippen LogP contribution is -2.14. The molecular weight excluding hydrogens is 364 g/mol. The largest absolute Gasteiger partial charge is 0.280 e. The van der Waals surface area contributed by atoms with Gasteiger partial charge in [-0.25, -0.2) is 13.4 Å². The molecule has 0 bridgehead atoms. The maximum atomic E-state index is 12.6. The fourth-order valence-electron chi connectivity index (χ4n) is 2.33. The van der Waals surface area contributed by atoms with Crippen LogP contribution in [0.4, 0.5) is 5.69 Å². The van der Waals surface area contributed by atoms with Crippen LogP contribution in [0.15, 0.2) is 52.7 Å². The van der Waals surface area contributed by atoms with E-state index in [0.717, 1.165) is 16.3 Å². The molecule has 1 N–H and O–H groups in total. The standard InChI is InChI=1S/C17H15ClN2O2S2/c1-11-15(18)7-4-8-17(11)24(21,22)20-14-6-3-5-13(9-14)16-10-23-12(2)19-16/h3-10,20H,1-2H3. The highest BCUT2D eigenvalue weighted by Crippen LogP contribution is 2.27. The monoisotopic (exact) mass is 378 g/mol. The number of hydrogen-bond acceptors (Lipinski definition) is 4. The van der Waals surface area contributed by atoms with Gasteiger partial charge in [-0.15, -0.1) is 11.3 Å². The van der Waals surface area contributed by atoms with Crippen molar-refractivity contribution in [2.75, 3.05) is 4.72 Å². The number of aryl methyl sites for hydroxylation is 1. The molecule has 0 aliphatic carbocycles. The maximum absolute atomic E-state index is 12.6. The molecule has 0 atom stereocenters. The van der Waals surface area contributed by atoms with Crippen LogP contribution in [0.3, 0.4) is 0 Å². The van der Waals surface area contributed by atoms with Gasteiger partial charge in [-0.2, -0.15) is 0 Å². The summed E-state index contributed by atoms with van der Waals surface area (Å²) in [6, 6.07) is 12.0. The van der Waals surface area contributed by atoms with Crippen LogP contribution in [0.1, 0.15) is 10.6 Å². The maximum Gasteiger partial charge on any atom is 0.262 e. The van der Waals surface area contributed by atoms with Crippen LogP contribution >= 0.6 is 22.9 Å². The first-order chi connectivity index (χ1) is 11.4. The summed E-state index contributed by atoms with van der Waals surface area (Å²) >= 11 is 7.59. The van der Waals surface area contributed by atoms with Crippen molar-refractivity contribution in [2.45, 2.75) is 18.7 Å². The average molecular weight is 379 g/mol. The molecule has 1 heterocycles. The molecule has 1 aromatic heterocycles. The molecule has 0 aliphatic heterocycles. The van der Waals surface area contributed by atoms with E-state index in [0.29, 0.717) is 16.3 Å². The number of anilines is 1. The first kappa shape index (κ1) is 17.0. The van der Waals surface area contributed by atoms with Crippen LogP contribution in [-0.2, 0) is 10.0 Å². The van der Waals surface area contributed by atoms with Crippen molar-refractivity contribution in [1.29, 1.82) is 0 Å². The highest BCUT2D eigenvalue weighted by molar-refractivity contribution is 7.92. The van der Waals surface area contributed by atoms with Crippen molar-refractivity contribution in [3.05, 3.63) is 63.4 Å². The molecule has 0 aliphatic rings. The van der Waals surface area contributed by atoms with Crippen molar-refractivity contribution >= 4 is 38.6 Å². The van der Waals surface area contributed by atoms with Gasteiger partial charge in [0.25, 0.3) is 10.0 Å². The Morgan fingerprint density at radius 1 is 1.12 bits per heavy atom. The number of sulfonamides is 1. The van der Waals surface area contributed by atoms with Crippen molar-refractivity contribution in [3.63, 3.8) is 0 Å². The first-order valence-electron chi connectivity index (χ1n) is 7.17. The Hall–Kier alpha value is -1.89. The summed E-state index contributed by atoms with van der Waals surface area (Å²) in [7, 11) is -3.71. The fraction of sp³-hybridized carbons (Fsp3) is 0.118. The SMILES string of the molecule is Cc1nc(-c2cccc(NS(=O)(=O)c3cccc(Cl)c3C)c2)cs1. The van der Waals surface area contributed by atoms with Crippen LogP contribution in [0, 0.1) is 13.8 Å². The highest BCUT2D eigenvalue weighted by atomic mass is 35.5. The third kappa shape index (κ3) is 3.45. The summed E-state index contributed by atoms with van der Waals surface area (Å²) < 4.78 is 27.9. The van der Waals surface area contributed by atoms with Gasteiger partial charge >= 0.3 is 0 Å². The van der Waals surface area contributed by atoms with Crippen LogP contribution in [0.2, 0.25) is 5.02 Å². The lowest BCUT2D eigenvalue weighted by atomic mass is 10.1. The van der Waals surface area contributed by atoms with Crippen molar-refractivity contribution in [2.24, 2.45) is 0 Å². The lowest BCUT2D eigenvalue weighted by Gasteiger charge is -2.12. The average Bonchev–Trinajstić information content (AvgIpc) is 2.96. The molecule has 0 spiro atoms. The minimum Gasteiger partial charge on any atom is -0.280 e. The number of hydrogen-bond donors (Lipinski definition) is 1. The molecule has 7 heteroatoms. The zero-order valence-electron chi connectivity index (χ0n) is 13.1. The first-order valence-corrected chi connectivity index (χ1v) is 9.91. The van der Waals surface area contributed by atoms with E-state index in [1.807, 2.05) is 18.4 Å². The number of thiazole rings is 1. The second-order valence-electron chi connectivity index (χ2n) is 5.30. The van der Waals surface area contributed by atoms with Gasteiger partial charge in [0.05, 0.1) is 15.6 Å². The minimum atomic E-state index is -3.71. The molecule has 4 nitrogen and oxygen atoms in total. The Morgan fingerprint density at radius 3 is 2.58 bits per heavy atom. The van der Waals surface area contributed by atoms with E-state index in [1.54, 1.807) is 48.6 Å². The van der Waals surface area contributed by atoms with Gasteiger partial charge < -0.3 is 0 Å². The molecule has 3 aromatic rings. The van der Waals surface area contributed by atoms with Crippen LogP contribution in [0.25, 0.3) is 11.3 Å². The normalized spacial score (nSPS) is 11.5. The molecule has 0 saturated carbocycles. The molecular formula is C17H15ClN2O2S2. The zero-order valence-corrected chi connectivity index (χ0v) is 15.5. The zero-order chi connectivity index (χ0) is 17.3. The molecule has 3 rings (SSSR count). The summed E-state index contributed by atoms with van der Waals surface area (Å²) in [4.78, 5) is 4.60. The predicted molar refractivity (Wildman–Crippen MR) is 99.3 cm³/mol. The van der Waals surface area contributed by atoms with E-state index in [-0.39, 0.29) is 4.90 Å². The highest BCUT2D eigenvalue weighted by Gasteiger charge is 2.18. The van der Waals surface area contributed by atoms with Crippen LogP contribution in [-0.4, -0.2) is 13.4 Å². The van der Waals surface area contributed by atoms with Crippen molar-refractivity contribution in [3.8, 4) is 11.3 Å². The Morgan fingerprint density at radius 2 is 1.88 bits per heavy atom. The number of benzene rings is 2. The number of rotatable bonds is 4. The molecule has 24 heavy (non-hydrogen) atoms. The molecule has 0 saturated heterocycles. The topological polar surface area (TPSA) is 59.1 Å². The number of nitrogens with one attached hydrogen (secondary N) is 1. The summed E-state index contributed by atoms with van der Waals surface area (Å²) in [5, 5.41) is 3.33. The predicted octanol–water partition coefficient (Wildman–Crippen LogP) is 4.88. The second kappa shape index (κ2) is 6.55. The van der Waals surface area contributed by atoms with Gasteiger partial charge in [0.2, 0.25) is 0 Å². The molecule has 0 radical (unpaired) electrons. The van der Waals surface area contributed by atoms with E-state index >= 15 is 0 Å². The van der Waals surface area contributed by atoms with Gasteiger partial charge in [0, 0.05) is 21.7 Å². The van der Waals surface area contributed by atoms with Gasteiger partial charge in [-0.05, 0) is 43.7 Å². The number of halogens is 1. The van der Waals surface area contributed by atoms with E-state index in [4.69, 9.17) is 11.6 Å². The quantitative estimate of drug-likeness (QED) is 0.703. The summed E-state index contributed by atoms with van der Waals surface area (Å²) in [6.07, 6.45) is 0. The van der Waals surface area contributed by atoms with Gasteiger partial charge in [-0.1, -0.05) is 29.8 Å². The van der Waals surface area contributed by atoms with Crippen LogP contribution < -0.4 is 4.72 Å². The Labute approximate surface area is 150 Å². The Kier molecular flexibility index (Phi) is 4.62.